The maximum atomic E-state index is 10.8. The molecule has 0 atom stereocenters. The summed E-state index contributed by atoms with van der Waals surface area (Å²) in [5.74, 6) is 1.27. The highest BCUT2D eigenvalue weighted by atomic mass is 16.4. The Morgan fingerprint density at radius 3 is 3.07 bits per heavy atom. The molecule has 0 saturated carbocycles. The largest absolute Gasteiger partial charge is 0.477 e. The number of terminal acetylenes is 1. The van der Waals surface area contributed by atoms with E-state index in [1.807, 2.05) is 0 Å². The molecule has 0 spiro atoms. The van der Waals surface area contributed by atoms with Crippen LogP contribution in [-0.2, 0) is 0 Å². The summed E-state index contributed by atoms with van der Waals surface area (Å²) >= 11 is 0. The van der Waals surface area contributed by atoms with Crippen molar-refractivity contribution in [2.75, 3.05) is 0 Å². The number of aromatic amines is 1. The molecule has 0 bridgehead atoms. The second kappa shape index (κ2) is 2.89. The van der Waals surface area contributed by atoms with Crippen LogP contribution < -0.4 is 0 Å². The van der Waals surface area contributed by atoms with Gasteiger partial charge in [-0.3, -0.25) is 0 Å². The van der Waals surface area contributed by atoms with E-state index in [1.165, 1.54) is 0 Å². The van der Waals surface area contributed by atoms with Gasteiger partial charge in [-0.2, -0.15) is 0 Å². The number of aromatic carboxylic acids is 1. The number of fused-ring (bicyclic) bond motifs is 1. The molecule has 0 aliphatic rings. The summed E-state index contributed by atoms with van der Waals surface area (Å²) in [6.45, 7) is 0. The average molecular weight is 186 g/mol. The van der Waals surface area contributed by atoms with Gasteiger partial charge in [-0.15, -0.1) is 6.42 Å². The van der Waals surface area contributed by atoms with Crippen molar-refractivity contribution < 1.29 is 9.90 Å². The van der Waals surface area contributed by atoms with E-state index in [1.54, 1.807) is 18.3 Å². The molecular formula is C10H6N2O2. The number of aromatic nitrogens is 2. The first-order chi connectivity index (χ1) is 6.74. The van der Waals surface area contributed by atoms with Gasteiger partial charge in [0.25, 0.3) is 0 Å². The number of carboxylic acids is 1. The Kier molecular flexibility index (Phi) is 1.72. The quantitative estimate of drug-likeness (QED) is 0.658. The molecule has 0 unspecified atom stereocenters. The molecule has 0 aliphatic carbocycles. The smallest absolute Gasteiger partial charge is 0.353 e. The maximum absolute atomic E-state index is 10.8. The van der Waals surface area contributed by atoms with Gasteiger partial charge in [0.1, 0.15) is 11.3 Å². The number of carboxylic acid groups (broad SMARTS) is 1. The van der Waals surface area contributed by atoms with E-state index in [2.05, 4.69) is 15.9 Å². The number of nitrogens with one attached hydrogen (secondary N) is 1. The number of hydrogen-bond donors (Lipinski definition) is 2. The number of nitrogens with zero attached hydrogens (tertiary/aromatic N) is 1. The first-order valence-electron chi connectivity index (χ1n) is 3.90. The van der Waals surface area contributed by atoms with Crippen molar-refractivity contribution in [2.45, 2.75) is 0 Å². The predicted octanol–water partition coefficient (Wildman–Crippen LogP) is 1.24. The standard InChI is InChI=1S/C10H6N2O2/c1-2-6-7-4-3-5-11-9(7)12-8(6)10(13)14/h1,3-5H,(H,11,12)(H,13,14). The minimum absolute atomic E-state index is 0.0150. The SMILES string of the molecule is C#Cc1c(C(=O)O)[nH]c2ncccc12. The molecule has 2 aromatic rings. The summed E-state index contributed by atoms with van der Waals surface area (Å²) in [7, 11) is 0. The van der Waals surface area contributed by atoms with Crippen molar-refractivity contribution >= 4 is 17.0 Å². The lowest BCUT2D eigenvalue weighted by Gasteiger charge is -1.88. The Balaban J connectivity index is 2.87. The van der Waals surface area contributed by atoms with E-state index < -0.39 is 5.97 Å². The van der Waals surface area contributed by atoms with E-state index in [4.69, 9.17) is 11.5 Å². The van der Waals surface area contributed by atoms with Crippen LogP contribution in [0.15, 0.2) is 18.3 Å². The van der Waals surface area contributed by atoms with Crippen molar-refractivity contribution in [2.24, 2.45) is 0 Å². The number of rotatable bonds is 1. The zero-order valence-electron chi connectivity index (χ0n) is 7.11. The Labute approximate surface area is 79.6 Å². The Bertz CT molecular complexity index is 549. The van der Waals surface area contributed by atoms with E-state index in [0.717, 1.165) is 0 Å². The van der Waals surface area contributed by atoms with Gasteiger partial charge in [0.2, 0.25) is 0 Å². The van der Waals surface area contributed by atoms with Crippen molar-refractivity contribution in [3.63, 3.8) is 0 Å². The number of carbonyl (C=O) groups is 1. The summed E-state index contributed by atoms with van der Waals surface area (Å²) in [5, 5.41) is 9.50. The van der Waals surface area contributed by atoms with Crippen molar-refractivity contribution in [1.29, 1.82) is 0 Å². The number of H-pyrrole nitrogens is 1. The van der Waals surface area contributed by atoms with Crippen molar-refractivity contribution in [3.05, 3.63) is 29.6 Å². The summed E-state index contributed by atoms with van der Waals surface area (Å²) in [6.07, 6.45) is 6.81. The van der Waals surface area contributed by atoms with Gasteiger partial charge in [0, 0.05) is 11.6 Å². The third kappa shape index (κ3) is 1.04. The van der Waals surface area contributed by atoms with E-state index >= 15 is 0 Å². The van der Waals surface area contributed by atoms with Crippen LogP contribution in [0.25, 0.3) is 11.0 Å². The average Bonchev–Trinajstić information content (AvgIpc) is 2.56. The topological polar surface area (TPSA) is 66.0 Å². The van der Waals surface area contributed by atoms with E-state index in [9.17, 15) is 4.79 Å². The van der Waals surface area contributed by atoms with Crippen LogP contribution in [0.1, 0.15) is 16.1 Å². The molecule has 2 rings (SSSR count). The Morgan fingerprint density at radius 2 is 2.43 bits per heavy atom. The third-order valence-electron chi connectivity index (χ3n) is 1.93. The Hall–Kier alpha value is -2.28. The number of pyridine rings is 1. The molecule has 0 radical (unpaired) electrons. The fourth-order valence-corrected chi connectivity index (χ4v) is 1.33. The second-order valence-electron chi connectivity index (χ2n) is 2.72. The highest BCUT2D eigenvalue weighted by Gasteiger charge is 2.15. The molecule has 68 valence electrons. The highest BCUT2D eigenvalue weighted by Crippen LogP contribution is 2.19. The molecule has 2 N–H and O–H groups in total. The van der Waals surface area contributed by atoms with Gasteiger partial charge in [0.05, 0.1) is 5.56 Å². The first kappa shape index (κ1) is 8.32. The lowest BCUT2D eigenvalue weighted by molar-refractivity contribution is 0.0691. The van der Waals surface area contributed by atoms with Gasteiger partial charge < -0.3 is 10.1 Å². The van der Waals surface area contributed by atoms with Crippen LogP contribution in [0.3, 0.4) is 0 Å². The van der Waals surface area contributed by atoms with E-state index in [-0.39, 0.29) is 5.69 Å². The lowest BCUT2D eigenvalue weighted by atomic mass is 10.2. The van der Waals surface area contributed by atoms with Gasteiger partial charge in [-0.25, -0.2) is 9.78 Å². The molecular weight excluding hydrogens is 180 g/mol. The molecule has 4 heteroatoms. The second-order valence-corrected chi connectivity index (χ2v) is 2.72. The molecule has 0 amide bonds. The van der Waals surface area contributed by atoms with Gasteiger partial charge in [-0.1, -0.05) is 5.92 Å². The van der Waals surface area contributed by atoms with Crippen LogP contribution in [0, 0.1) is 12.3 Å². The summed E-state index contributed by atoms with van der Waals surface area (Å²) in [6, 6.07) is 3.45. The normalized spacial score (nSPS) is 9.93. The van der Waals surface area contributed by atoms with Gasteiger partial charge in [0.15, 0.2) is 0 Å². The van der Waals surface area contributed by atoms with Crippen LogP contribution in [-0.4, -0.2) is 21.0 Å². The molecule has 0 fully saturated rings. The van der Waals surface area contributed by atoms with Crippen LogP contribution >= 0.6 is 0 Å². The zero-order chi connectivity index (χ0) is 10.1. The third-order valence-corrected chi connectivity index (χ3v) is 1.93. The lowest BCUT2D eigenvalue weighted by Crippen LogP contribution is -1.98. The van der Waals surface area contributed by atoms with Crippen LogP contribution in [0.2, 0.25) is 0 Å². The van der Waals surface area contributed by atoms with Crippen LogP contribution in [0.4, 0.5) is 0 Å². The zero-order valence-corrected chi connectivity index (χ0v) is 7.11. The minimum Gasteiger partial charge on any atom is -0.477 e. The van der Waals surface area contributed by atoms with Gasteiger partial charge >= 0.3 is 5.97 Å². The fourth-order valence-electron chi connectivity index (χ4n) is 1.33. The molecule has 0 aliphatic heterocycles. The predicted molar refractivity (Wildman–Crippen MR) is 51.0 cm³/mol. The van der Waals surface area contributed by atoms with Crippen molar-refractivity contribution in [1.82, 2.24) is 9.97 Å². The number of hydrogen-bond acceptors (Lipinski definition) is 2. The molecule has 14 heavy (non-hydrogen) atoms. The molecule has 0 aromatic carbocycles. The summed E-state index contributed by atoms with van der Waals surface area (Å²) in [5.41, 5.74) is 0.861. The van der Waals surface area contributed by atoms with Gasteiger partial charge in [-0.05, 0) is 12.1 Å². The maximum Gasteiger partial charge on any atom is 0.353 e. The van der Waals surface area contributed by atoms with Crippen molar-refractivity contribution in [3.8, 4) is 12.3 Å². The fraction of sp³-hybridized carbons (Fsp3) is 0. The monoisotopic (exact) mass is 186 g/mol. The first-order valence-corrected chi connectivity index (χ1v) is 3.90. The molecule has 0 saturated heterocycles. The molecule has 4 nitrogen and oxygen atoms in total. The highest BCUT2D eigenvalue weighted by molar-refractivity contribution is 5.98. The van der Waals surface area contributed by atoms with Crippen LogP contribution in [0.5, 0.6) is 0 Å². The molecule has 2 aromatic heterocycles. The molecule has 2 heterocycles. The Morgan fingerprint density at radius 1 is 1.64 bits per heavy atom. The summed E-state index contributed by atoms with van der Waals surface area (Å²) in [4.78, 5) is 17.4. The van der Waals surface area contributed by atoms with E-state index in [0.29, 0.717) is 16.6 Å². The summed E-state index contributed by atoms with van der Waals surface area (Å²) < 4.78 is 0. The minimum atomic E-state index is -1.07.